The zero-order valence-electron chi connectivity index (χ0n) is 12.8. The van der Waals surface area contributed by atoms with Crippen LogP contribution in [0.2, 0.25) is 0 Å². The van der Waals surface area contributed by atoms with Gasteiger partial charge in [0.2, 0.25) is 0 Å². The van der Waals surface area contributed by atoms with Crippen molar-refractivity contribution in [2.75, 3.05) is 13.2 Å². The molecule has 0 unspecified atom stereocenters. The van der Waals surface area contributed by atoms with Gasteiger partial charge in [-0.3, -0.25) is 0 Å². The number of aryl methyl sites for hydroxylation is 1. The second kappa shape index (κ2) is 5.65. The number of hydrogen-bond donors (Lipinski definition) is 0. The highest BCUT2D eigenvalue weighted by atomic mass is 16.5. The molecule has 0 aliphatic carbocycles. The molecule has 0 aliphatic rings. The topological polar surface area (TPSA) is 18.5 Å². The number of hydrogen-bond acceptors (Lipinski definition) is 2. The Kier molecular flexibility index (Phi) is 3.70. The summed E-state index contributed by atoms with van der Waals surface area (Å²) < 4.78 is 11.8. The molecule has 0 fully saturated rings. The molecule has 0 aromatic heterocycles. The Balaban J connectivity index is 2.50. The lowest BCUT2D eigenvalue weighted by molar-refractivity contribution is 0.334. The molecule has 21 heavy (non-hydrogen) atoms. The van der Waals surface area contributed by atoms with Crippen LogP contribution in [0.3, 0.4) is 0 Å². The van der Waals surface area contributed by atoms with E-state index in [0.717, 1.165) is 22.3 Å². The van der Waals surface area contributed by atoms with Crippen molar-refractivity contribution in [3.05, 3.63) is 48.0 Å². The lowest BCUT2D eigenvalue weighted by Gasteiger charge is -2.17. The first kappa shape index (κ1) is 13.7. The summed E-state index contributed by atoms with van der Waals surface area (Å²) in [7, 11) is 0. The van der Waals surface area contributed by atoms with Crippen LogP contribution < -0.4 is 9.47 Å². The van der Waals surface area contributed by atoms with Crippen LogP contribution in [0.25, 0.3) is 21.5 Å². The predicted octanol–water partition coefficient (Wildman–Crippen LogP) is 5.10. The summed E-state index contributed by atoms with van der Waals surface area (Å²) in [4.78, 5) is 0. The Hall–Kier alpha value is -2.22. The van der Waals surface area contributed by atoms with E-state index < -0.39 is 0 Å². The zero-order chi connectivity index (χ0) is 14.8. The second-order valence-electron chi connectivity index (χ2n) is 5.04. The first-order valence-corrected chi connectivity index (χ1v) is 7.47. The third kappa shape index (κ3) is 2.21. The van der Waals surface area contributed by atoms with Gasteiger partial charge in [0.25, 0.3) is 0 Å². The minimum Gasteiger partial charge on any atom is -0.493 e. The van der Waals surface area contributed by atoms with Crippen molar-refractivity contribution >= 4 is 21.5 Å². The Morgan fingerprint density at radius 2 is 1.43 bits per heavy atom. The van der Waals surface area contributed by atoms with Gasteiger partial charge in [-0.1, -0.05) is 36.4 Å². The van der Waals surface area contributed by atoms with Crippen molar-refractivity contribution in [1.82, 2.24) is 0 Å². The van der Waals surface area contributed by atoms with Gasteiger partial charge in [0.1, 0.15) is 11.5 Å². The largest absolute Gasteiger partial charge is 0.493 e. The van der Waals surface area contributed by atoms with Crippen LogP contribution in [0, 0.1) is 6.92 Å². The van der Waals surface area contributed by atoms with Crippen LogP contribution in [0.1, 0.15) is 19.4 Å². The van der Waals surface area contributed by atoms with Crippen molar-refractivity contribution < 1.29 is 9.47 Å². The average molecular weight is 280 g/mol. The molecule has 0 heterocycles. The van der Waals surface area contributed by atoms with Crippen LogP contribution in [0.4, 0.5) is 0 Å². The molecular weight excluding hydrogens is 260 g/mol. The van der Waals surface area contributed by atoms with Crippen LogP contribution in [0.5, 0.6) is 11.5 Å². The fraction of sp³-hybridized carbons (Fsp3) is 0.263. The van der Waals surface area contributed by atoms with Crippen molar-refractivity contribution in [3.8, 4) is 11.5 Å². The number of benzene rings is 3. The van der Waals surface area contributed by atoms with Crippen molar-refractivity contribution in [3.63, 3.8) is 0 Å². The van der Waals surface area contributed by atoms with Crippen LogP contribution in [0.15, 0.2) is 42.5 Å². The van der Waals surface area contributed by atoms with Crippen molar-refractivity contribution in [1.29, 1.82) is 0 Å². The van der Waals surface area contributed by atoms with E-state index >= 15 is 0 Å². The van der Waals surface area contributed by atoms with Gasteiger partial charge in [0.05, 0.1) is 18.6 Å². The Morgan fingerprint density at radius 3 is 2.14 bits per heavy atom. The third-order valence-electron chi connectivity index (χ3n) is 3.82. The maximum atomic E-state index is 5.99. The number of ether oxygens (including phenoxy) is 2. The molecule has 3 rings (SSSR count). The minimum absolute atomic E-state index is 0.641. The van der Waals surface area contributed by atoms with E-state index in [1.165, 1.54) is 16.3 Å². The first-order valence-electron chi connectivity index (χ1n) is 7.47. The number of fused-ring (bicyclic) bond motifs is 2. The Bertz CT molecular complexity index is 790. The molecule has 0 N–H and O–H groups in total. The van der Waals surface area contributed by atoms with Crippen molar-refractivity contribution in [2.24, 2.45) is 0 Å². The molecule has 2 heteroatoms. The van der Waals surface area contributed by atoms with Crippen LogP contribution in [-0.2, 0) is 0 Å². The molecule has 0 radical (unpaired) electrons. The van der Waals surface area contributed by atoms with Gasteiger partial charge in [0.15, 0.2) is 0 Å². The molecule has 2 nitrogen and oxygen atoms in total. The minimum atomic E-state index is 0.641. The van der Waals surface area contributed by atoms with Gasteiger partial charge >= 0.3 is 0 Å². The molecule has 0 bridgehead atoms. The van der Waals surface area contributed by atoms with Crippen LogP contribution in [-0.4, -0.2) is 13.2 Å². The molecule has 0 aliphatic heterocycles. The maximum absolute atomic E-state index is 5.99. The normalized spacial score (nSPS) is 11.0. The average Bonchev–Trinajstić information content (AvgIpc) is 2.52. The molecule has 3 aromatic rings. The monoisotopic (exact) mass is 280 g/mol. The first-order chi connectivity index (χ1) is 10.3. The lowest BCUT2D eigenvalue weighted by Crippen LogP contribution is -1.99. The molecule has 0 saturated heterocycles. The summed E-state index contributed by atoms with van der Waals surface area (Å²) in [6.45, 7) is 7.48. The fourth-order valence-electron chi connectivity index (χ4n) is 2.94. The van der Waals surface area contributed by atoms with Gasteiger partial charge in [-0.25, -0.2) is 0 Å². The number of rotatable bonds is 4. The van der Waals surface area contributed by atoms with Crippen molar-refractivity contribution in [2.45, 2.75) is 20.8 Å². The summed E-state index contributed by atoms with van der Waals surface area (Å²) in [5, 5.41) is 4.67. The summed E-state index contributed by atoms with van der Waals surface area (Å²) in [6.07, 6.45) is 0. The SMILES string of the molecule is CCOc1cccc2c(C)c3ccccc3c(OCC)c12. The zero-order valence-corrected chi connectivity index (χ0v) is 12.8. The molecule has 0 atom stereocenters. The highest BCUT2D eigenvalue weighted by molar-refractivity contribution is 6.10. The summed E-state index contributed by atoms with van der Waals surface area (Å²) in [6, 6.07) is 14.6. The smallest absolute Gasteiger partial charge is 0.138 e. The van der Waals surface area contributed by atoms with Gasteiger partial charge in [0, 0.05) is 5.39 Å². The molecule has 0 spiro atoms. The summed E-state index contributed by atoms with van der Waals surface area (Å²) in [5.41, 5.74) is 1.27. The molecule has 0 saturated carbocycles. The Labute approximate surface area is 125 Å². The summed E-state index contributed by atoms with van der Waals surface area (Å²) in [5.74, 6) is 1.82. The maximum Gasteiger partial charge on any atom is 0.138 e. The Morgan fingerprint density at radius 1 is 0.762 bits per heavy atom. The van der Waals surface area contributed by atoms with Gasteiger partial charge in [-0.2, -0.15) is 0 Å². The molecular formula is C19H20O2. The standard InChI is InChI=1S/C19H20O2/c1-4-20-17-12-8-11-15-13(3)14-9-6-7-10-16(14)19(18(15)17)21-5-2/h6-12H,4-5H2,1-3H3. The quantitative estimate of drug-likeness (QED) is 0.619. The van der Waals surface area contributed by atoms with E-state index in [9.17, 15) is 0 Å². The molecule has 3 aromatic carbocycles. The summed E-state index contributed by atoms with van der Waals surface area (Å²) >= 11 is 0. The van der Waals surface area contributed by atoms with Gasteiger partial charge < -0.3 is 9.47 Å². The van der Waals surface area contributed by atoms with E-state index in [4.69, 9.17) is 9.47 Å². The van der Waals surface area contributed by atoms with E-state index in [1.54, 1.807) is 0 Å². The van der Waals surface area contributed by atoms with E-state index in [2.05, 4.69) is 37.3 Å². The second-order valence-corrected chi connectivity index (χ2v) is 5.04. The third-order valence-corrected chi connectivity index (χ3v) is 3.82. The molecule has 108 valence electrons. The lowest BCUT2D eigenvalue weighted by atomic mass is 9.96. The van der Waals surface area contributed by atoms with E-state index in [0.29, 0.717) is 13.2 Å². The fourth-order valence-corrected chi connectivity index (χ4v) is 2.94. The van der Waals surface area contributed by atoms with Gasteiger partial charge in [-0.15, -0.1) is 0 Å². The van der Waals surface area contributed by atoms with Crippen LogP contribution >= 0.6 is 0 Å². The highest BCUT2D eigenvalue weighted by Crippen LogP contribution is 2.42. The van der Waals surface area contributed by atoms with E-state index in [1.807, 2.05) is 26.0 Å². The van der Waals surface area contributed by atoms with Gasteiger partial charge in [-0.05, 0) is 43.2 Å². The highest BCUT2D eigenvalue weighted by Gasteiger charge is 2.15. The molecule has 0 amide bonds. The van der Waals surface area contributed by atoms with E-state index in [-0.39, 0.29) is 0 Å². The predicted molar refractivity (Wildman–Crippen MR) is 88.5 cm³/mol.